The third-order valence-corrected chi connectivity index (χ3v) is 1.49. The van der Waals surface area contributed by atoms with Gasteiger partial charge in [-0.1, -0.05) is 0 Å². The van der Waals surface area contributed by atoms with Gasteiger partial charge in [-0.2, -0.15) is 0 Å². The van der Waals surface area contributed by atoms with Crippen LogP contribution in [-0.4, -0.2) is 17.1 Å². The molecule has 0 aliphatic rings. The zero-order chi connectivity index (χ0) is 9.84. The Morgan fingerprint density at radius 3 is 2.46 bits per heavy atom. The van der Waals surface area contributed by atoms with Crippen LogP contribution in [0.3, 0.4) is 0 Å². The lowest BCUT2D eigenvalue weighted by molar-refractivity contribution is -0.123. The predicted octanol–water partition coefficient (Wildman–Crippen LogP) is 1.14. The fraction of sp³-hybridized carbons (Fsp3) is 0.222. The summed E-state index contributed by atoms with van der Waals surface area (Å²) < 4.78 is 12.4. The zero-order valence-electron chi connectivity index (χ0n) is 7.12. The average molecular weight is 183 g/mol. The van der Waals surface area contributed by atoms with Crippen LogP contribution in [0.15, 0.2) is 24.3 Å². The highest BCUT2D eigenvalue weighted by Crippen LogP contribution is 2.08. The number of benzene rings is 1. The molecule has 0 heterocycles. The van der Waals surface area contributed by atoms with E-state index in [0.29, 0.717) is 5.69 Å². The highest BCUT2D eigenvalue weighted by Gasteiger charge is 2.07. The second kappa shape index (κ2) is 4.00. The molecule has 0 spiro atoms. The molecule has 0 saturated heterocycles. The average Bonchev–Trinajstić information content (AvgIpc) is 2.08. The maximum atomic E-state index is 12.4. The number of hydrogen-bond acceptors (Lipinski definition) is 2. The van der Waals surface area contributed by atoms with Gasteiger partial charge in [0.25, 0.3) is 5.91 Å². The molecule has 3 nitrogen and oxygen atoms in total. The van der Waals surface area contributed by atoms with Gasteiger partial charge in [-0.05, 0) is 31.2 Å². The molecule has 4 heteroatoms. The Morgan fingerprint density at radius 1 is 1.46 bits per heavy atom. The van der Waals surface area contributed by atoms with Crippen molar-refractivity contribution in [2.45, 2.75) is 13.0 Å². The summed E-state index contributed by atoms with van der Waals surface area (Å²) in [6.07, 6.45) is -1.06. The van der Waals surface area contributed by atoms with Gasteiger partial charge >= 0.3 is 0 Å². The van der Waals surface area contributed by atoms with E-state index in [4.69, 9.17) is 5.11 Å². The van der Waals surface area contributed by atoms with Crippen LogP contribution in [0.25, 0.3) is 0 Å². The minimum atomic E-state index is -1.06. The number of carbonyl (C=O) groups is 1. The number of halogens is 1. The first-order valence-electron chi connectivity index (χ1n) is 3.84. The monoisotopic (exact) mass is 183 g/mol. The van der Waals surface area contributed by atoms with Gasteiger partial charge in [0.1, 0.15) is 11.9 Å². The maximum absolute atomic E-state index is 12.4. The fourth-order valence-electron chi connectivity index (χ4n) is 0.780. The summed E-state index contributed by atoms with van der Waals surface area (Å²) in [5.41, 5.74) is 0.465. The quantitative estimate of drug-likeness (QED) is 0.722. The minimum absolute atomic E-state index is 0.366. The molecule has 13 heavy (non-hydrogen) atoms. The van der Waals surface area contributed by atoms with E-state index in [9.17, 15) is 9.18 Å². The van der Waals surface area contributed by atoms with Crippen LogP contribution in [0.4, 0.5) is 10.1 Å². The molecule has 1 rings (SSSR count). The van der Waals surface area contributed by atoms with Crippen LogP contribution >= 0.6 is 0 Å². The normalized spacial score (nSPS) is 12.2. The van der Waals surface area contributed by atoms with Crippen molar-refractivity contribution in [3.05, 3.63) is 30.1 Å². The van der Waals surface area contributed by atoms with Gasteiger partial charge in [-0.15, -0.1) is 0 Å². The lowest BCUT2D eigenvalue weighted by Gasteiger charge is -2.06. The zero-order valence-corrected chi connectivity index (χ0v) is 7.12. The van der Waals surface area contributed by atoms with Crippen LogP contribution in [-0.2, 0) is 4.79 Å². The van der Waals surface area contributed by atoms with Crippen molar-refractivity contribution in [2.75, 3.05) is 5.32 Å². The predicted molar refractivity (Wildman–Crippen MR) is 46.7 cm³/mol. The van der Waals surface area contributed by atoms with E-state index >= 15 is 0 Å². The number of carbonyl (C=O) groups excluding carboxylic acids is 1. The highest BCUT2D eigenvalue weighted by atomic mass is 19.1. The second-order valence-electron chi connectivity index (χ2n) is 2.67. The molecule has 1 aromatic carbocycles. The molecule has 70 valence electrons. The van der Waals surface area contributed by atoms with Gasteiger partial charge in [0.15, 0.2) is 0 Å². The number of anilines is 1. The molecule has 0 aromatic heterocycles. The van der Waals surface area contributed by atoms with Crippen LogP contribution in [0.2, 0.25) is 0 Å². The highest BCUT2D eigenvalue weighted by molar-refractivity contribution is 5.93. The third-order valence-electron chi connectivity index (χ3n) is 1.49. The van der Waals surface area contributed by atoms with Crippen molar-refractivity contribution in [1.82, 2.24) is 0 Å². The van der Waals surface area contributed by atoms with E-state index in [0.717, 1.165) is 0 Å². The summed E-state index contributed by atoms with van der Waals surface area (Å²) in [4.78, 5) is 10.9. The first kappa shape index (κ1) is 9.67. The van der Waals surface area contributed by atoms with E-state index < -0.39 is 12.0 Å². The number of hydrogen-bond donors (Lipinski definition) is 2. The van der Waals surface area contributed by atoms with Crippen LogP contribution in [0.5, 0.6) is 0 Å². The number of aliphatic hydroxyl groups excluding tert-OH is 1. The van der Waals surface area contributed by atoms with Gasteiger partial charge < -0.3 is 10.4 Å². The lowest BCUT2D eigenvalue weighted by Crippen LogP contribution is -2.24. The molecule has 1 aromatic rings. The summed E-state index contributed by atoms with van der Waals surface area (Å²) >= 11 is 0. The Hall–Kier alpha value is -1.42. The van der Waals surface area contributed by atoms with Crippen molar-refractivity contribution in [1.29, 1.82) is 0 Å². The molecule has 0 fully saturated rings. The molecule has 1 atom stereocenters. The number of aliphatic hydroxyl groups is 1. The van der Waals surface area contributed by atoms with Crippen molar-refractivity contribution in [3.8, 4) is 0 Å². The summed E-state index contributed by atoms with van der Waals surface area (Å²) in [6, 6.07) is 5.32. The van der Waals surface area contributed by atoms with E-state index in [2.05, 4.69) is 5.32 Å². The molecule has 1 amide bonds. The molecule has 0 aliphatic carbocycles. The Labute approximate surface area is 75.2 Å². The number of amides is 1. The van der Waals surface area contributed by atoms with Crippen LogP contribution in [0, 0.1) is 5.82 Å². The number of rotatable bonds is 2. The Kier molecular flexibility index (Phi) is 2.97. The first-order valence-corrected chi connectivity index (χ1v) is 3.84. The summed E-state index contributed by atoms with van der Waals surface area (Å²) in [6.45, 7) is 1.36. The van der Waals surface area contributed by atoms with Crippen molar-refractivity contribution in [3.63, 3.8) is 0 Å². The topological polar surface area (TPSA) is 49.3 Å². The molecule has 0 aliphatic heterocycles. The van der Waals surface area contributed by atoms with Gasteiger partial charge in [-0.25, -0.2) is 4.39 Å². The van der Waals surface area contributed by atoms with E-state index in [1.165, 1.54) is 31.2 Å². The molecule has 0 radical (unpaired) electrons. The largest absolute Gasteiger partial charge is 0.384 e. The van der Waals surface area contributed by atoms with Crippen molar-refractivity contribution in [2.24, 2.45) is 0 Å². The maximum Gasteiger partial charge on any atom is 0.252 e. The summed E-state index contributed by atoms with van der Waals surface area (Å²) in [5, 5.41) is 11.3. The van der Waals surface area contributed by atoms with Gasteiger partial charge in [0, 0.05) is 5.69 Å². The summed E-state index contributed by atoms with van der Waals surface area (Å²) in [5.74, 6) is -0.873. The Morgan fingerprint density at radius 2 is 2.00 bits per heavy atom. The third kappa shape index (κ3) is 2.83. The minimum Gasteiger partial charge on any atom is -0.384 e. The summed E-state index contributed by atoms with van der Waals surface area (Å²) in [7, 11) is 0. The van der Waals surface area contributed by atoms with Crippen molar-refractivity contribution >= 4 is 11.6 Å². The molecular weight excluding hydrogens is 173 g/mol. The Balaban J connectivity index is 2.65. The van der Waals surface area contributed by atoms with Gasteiger partial charge in [0.05, 0.1) is 0 Å². The van der Waals surface area contributed by atoms with Crippen molar-refractivity contribution < 1.29 is 14.3 Å². The molecule has 0 saturated carbocycles. The van der Waals surface area contributed by atoms with Crippen LogP contribution in [0.1, 0.15) is 6.92 Å². The molecule has 0 bridgehead atoms. The smallest absolute Gasteiger partial charge is 0.252 e. The number of nitrogens with one attached hydrogen (secondary N) is 1. The molecule has 2 N–H and O–H groups in total. The SMILES string of the molecule is C[C@@H](O)C(=O)Nc1ccc(F)cc1. The van der Waals surface area contributed by atoms with E-state index in [1.807, 2.05) is 0 Å². The second-order valence-corrected chi connectivity index (χ2v) is 2.67. The molecule has 0 unspecified atom stereocenters. The Bertz CT molecular complexity index is 295. The van der Waals surface area contributed by atoms with Gasteiger partial charge in [0.2, 0.25) is 0 Å². The van der Waals surface area contributed by atoms with E-state index in [1.54, 1.807) is 0 Å². The van der Waals surface area contributed by atoms with Gasteiger partial charge in [-0.3, -0.25) is 4.79 Å². The molecular formula is C9H10FNO2. The first-order chi connectivity index (χ1) is 6.09. The van der Waals surface area contributed by atoms with Crippen LogP contribution < -0.4 is 5.32 Å². The van der Waals surface area contributed by atoms with E-state index in [-0.39, 0.29) is 5.82 Å². The fourth-order valence-corrected chi connectivity index (χ4v) is 0.780. The lowest BCUT2D eigenvalue weighted by atomic mass is 10.3. The standard InChI is InChI=1S/C9H10FNO2/c1-6(12)9(13)11-8-4-2-7(10)3-5-8/h2-6,12H,1H3,(H,11,13)/t6-/m1/s1.